The van der Waals surface area contributed by atoms with E-state index in [1.807, 2.05) is 0 Å². The summed E-state index contributed by atoms with van der Waals surface area (Å²) in [4.78, 5) is 14.3. The van der Waals surface area contributed by atoms with Crippen LogP contribution in [0.25, 0.3) is 11.1 Å². The fraction of sp³-hybridized carbons (Fsp3) is 0.200. The van der Waals surface area contributed by atoms with Crippen molar-refractivity contribution in [1.82, 2.24) is 4.98 Å². The van der Waals surface area contributed by atoms with Gasteiger partial charge in [-0.3, -0.25) is 0 Å². The Bertz CT molecular complexity index is 521. The average molecular weight is 223 g/mol. The van der Waals surface area contributed by atoms with E-state index in [0.717, 1.165) is 0 Å². The van der Waals surface area contributed by atoms with Crippen LogP contribution in [0, 0.1) is 0 Å². The van der Waals surface area contributed by atoms with Crippen molar-refractivity contribution in [3.8, 4) is 0 Å². The van der Waals surface area contributed by atoms with Crippen molar-refractivity contribution in [2.75, 3.05) is 0 Å². The Balaban J connectivity index is 2.35. The molecule has 0 fully saturated rings. The summed E-state index contributed by atoms with van der Waals surface area (Å²) >= 11 is 0. The lowest BCUT2D eigenvalue weighted by Crippen LogP contribution is -2.27. The summed E-state index contributed by atoms with van der Waals surface area (Å²) < 4.78 is 4.99. The Morgan fingerprint density at radius 3 is 2.81 bits per heavy atom. The van der Waals surface area contributed by atoms with Crippen molar-refractivity contribution >= 4 is 17.1 Å². The van der Waals surface area contributed by atoms with Crippen LogP contribution in [0.4, 0.5) is 0 Å². The largest absolute Gasteiger partial charge is 0.479 e. The summed E-state index contributed by atoms with van der Waals surface area (Å²) in [5, 5.41) is 27.3. The third kappa shape index (κ3) is 1.75. The van der Waals surface area contributed by atoms with E-state index in [-0.39, 0.29) is 5.56 Å². The molecule has 0 aliphatic heterocycles. The molecule has 6 nitrogen and oxygen atoms in total. The number of carboxylic acids is 1. The minimum Gasteiger partial charge on any atom is -0.479 e. The molecule has 1 aromatic carbocycles. The Kier molecular flexibility index (Phi) is 2.59. The van der Waals surface area contributed by atoms with Crippen molar-refractivity contribution < 1.29 is 24.5 Å². The minimum atomic E-state index is -1.86. The van der Waals surface area contributed by atoms with E-state index in [4.69, 9.17) is 9.52 Å². The normalized spacial score (nSPS) is 14.9. The van der Waals surface area contributed by atoms with Gasteiger partial charge in [-0.2, -0.15) is 0 Å². The molecule has 0 saturated carbocycles. The van der Waals surface area contributed by atoms with Crippen LogP contribution in [0.1, 0.15) is 11.7 Å². The molecule has 3 N–H and O–H groups in total. The molecule has 6 heteroatoms. The first-order valence-corrected chi connectivity index (χ1v) is 4.51. The van der Waals surface area contributed by atoms with Gasteiger partial charge in [-0.05, 0) is 17.7 Å². The second-order valence-electron chi connectivity index (χ2n) is 3.31. The maximum Gasteiger partial charge on any atom is 0.335 e. The highest BCUT2D eigenvalue weighted by Gasteiger charge is 2.25. The van der Waals surface area contributed by atoms with E-state index < -0.39 is 18.2 Å². The summed E-state index contributed by atoms with van der Waals surface area (Å²) in [6.07, 6.45) is -2.10. The molecule has 0 bridgehead atoms. The number of aliphatic hydroxyl groups excluding tert-OH is 2. The van der Waals surface area contributed by atoms with Gasteiger partial charge in [0.1, 0.15) is 11.6 Å². The molecule has 0 aliphatic rings. The number of nitrogens with zero attached hydrogens (tertiary/aromatic N) is 1. The lowest BCUT2D eigenvalue weighted by Gasteiger charge is -2.13. The van der Waals surface area contributed by atoms with Gasteiger partial charge in [0.05, 0.1) is 0 Å². The molecular weight excluding hydrogens is 214 g/mol. The first-order chi connectivity index (χ1) is 7.59. The zero-order valence-electron chi connectivity index (χ0n) is 8.07. The fourth-order valence-electron chi connectivity index (χ4n) is 1.38. The van der Waals surface area contributed by atoms with Crippen LogP contribution in [0.3, 0.4) is 0 Å². The van der Waals surface area contributed by atoms with Gasteiger partial charge >= 0.3 is 5.97 Å². The quantitative estimate of drug-likeness (QED) is 0.691. The van der Waals surface area contributed by atoms with Crippen molar-refractivity contribution in [3.05, 3.63) is 30.2 Å². The maximum absolute atomic E-state index is 10.5. The topological polar surface area (TPSA) is 104 Å². The molecule has 2 rings (SSSR count). The molecule has 2 unspecified atom stereocenters. The predicted molar refractivity (Wildman–Crippen MR) is 52.6 cm³/mol. The van der Waals surface area contributed by atoms with E-state index in [2.05, 4.69) is 4.98 Å². The van der Waals surface area contributed by atoms with Gasteiger partial charge in [0.2, 0.25) is 0 Å². The van der Waals surface area contributed by atoms with Crippen molar-refractivity contribution in [3.63, 3.8) is 0 Å². The molecule has 84 valence electrons. The number of fused-ring (bicyclic) bond motifs is 1. The van der Waals surface area contributed by atoms with Crippen molar-refractivity contribution in [2.45, 2.75) is 12.2 Å². The zero-order chi connectivity index (χ0) is 11.7. The molecule has 0 radical (unpaired) electrons. The van der Waals surface area contributed by atoms with Crippen molar-refractivity contribution in [2.24, 2.45) is 0 Å². The highest BCUT2D eigenvalue weighted by Crippen LogP contribution is 2.21. The highest BCUT2D eigenvalue weighted by atomic mass is 16.4. The van der Waals surface area contributed by atoms with Crippen LogP contribution in [0.5, 0.6) is 0 Å². The SMILES string of the molecule is O=C(O)C(O)C(O)c1ccc2ocnc2c1. The number of carbonyl (C=O) groups is 1. The maximum atomic E-state index is 10.5. The standard InChI is InChI=1S/C10H9NO5/c12-8(9(13)10(14)15)5-1-2-7-6(3-5)11-4-16-7/h1-4,8-9,12-13H,(H,14,15). The number of benzene rings is 1. The molecule has 0 amide bonds. The summed E-state index contributed by atoms with van der Waals surface area (Å²) in [6.45, 7) is 0. The summed E-state index contributed by atoms with van der Waals surface area (Å²) in [5.74, 6) is -1.48. The van der Waals surface area contributed by atoms with Gasteiger partial charge in [-0.25, -0.2) is 9.78 Å². The van der Waals surface area contributed by atoms with Gasteiger partial charge in [0.25, 0.3) is 0 Å². The van der Waals surface area contributed by atoms with Crippen LogP contribution in [0.2, 0.25) is 0 Å². The minimum absolute atomic E-state index is 0.274. The molecule has 0 spiro atoms. The Labute approximate surface area is 89.8 Å². The van der Waals surface area contributed by atoms with Crippen LogP contribution in [0.15, 0.2) is 29.0 Å². The molecule has 0 saturated heterocycles. The van der Waals surface area contributed by atoms with Gasteiger partial charge in [0.15, 0.2) is 18.1 Å². The molecule has 1 aromatic heterocycles. The Morgan fingerprint density at radius 2 is 2.12 bits per heavy atom. The second-order valence-corrected chi connectivity index (χ2v) is 3.31. The first kappa shape index (κ1) is 10.6. The number of oxazole rings is 1. The van der Waals surface area contributed by atoms with Crippen LogP contribution in [-0.2, 0) is 4.79 Å². The van der Waals surface area contributed by atoms with E-state index in [1.54, 1.807) is 6.07 Å². The van der Waals surface area contributed by atoms with Gasteiger partial charge in [0, 0.05) is 0 Å². The Hall–Kier alpha value is -1.92. The van der Waals surface area contributed by atoms with E-state index in [0.29, 0.717) is 11.1 Å². The first-order valence-electron chi connectivity index (χ1n) is 4.51. The molecule has 2 atom stereocenters. The average Bonchev–Trinajstić information content (AvgIpc) is 2.73. The molecule has 16 heavy (non-hydrogen) atoms. The molecule has 0 aliphatic carbocycles. The number of aromatic nitrogens is 1. The van der Waals surface area contributed by atoms with Crippen LogP contribution < -0.4 is 0 Å². The predicted octanol–water partition coefficient (Wildman–Crippen LogP) is 0.307. The van der Waals surface area contributed by atoms with E-state index in [1.165, 1.54) is 18.5 Å². The fourth-order valence-corrected chi connectivity index (χ4v) is 1.38. The number of hydrogen-bond acceptors (Lipinski definition) is 5. The van der Waals surface area contributed by atoms with Gasteiger partial charge < -0.3 is 19.7 Å². The van der Waals surface area contributed by atoms with E-state index in [9.17, 15) is 15.0 Å². The van der Waals surface area contributed by atoms with Crippen molar-refractivity contribution in [1.29, 1.82) is 0 Å². The third-order valence-corrected chi connectivity index (χ3v) is 2.25. The summed E-state index contributed by atoms with van der Waals surface area (Å²) in [7, 11) is 0. The Morgan fingerprint density at radius 1 is 1.38 bits per heavy atom. The molecule has 1 heterocycles. The lowest BCUT2D eigenvalue weighted by molar-refractivity contribution is -0.153. The molecular formula is C10H9NO5. The summed E-state index contributed by atoms with van der Waals surface area (Å²) in [6, 6.07) is 4.50. The van der Waals surface area contributed by atoms with Gasteiger partial charge in [-0.15, -0.1) is 0 Å². The second kappa shape index (κ2) is 3.92. The van der Waals surface area contributed by atoms with Gasteiger partial charge in [-0.1, -0.05) is 6.07 Å². The number of hydrogen-bond donors (Lipinski definition) is 3. The van der Waals surface area contributed by atoms with Crippen LogP contribution in [-0.4, -0.2) is 32.4 Å². The number of rotatable bonds is 3. The number of aliphatic hydroxyl groups is 2. The highest BCUT2D eigenvalue weighted by molar-refractivity contribution is 5.75. The van der Waals surface area contributed by atoms with E-state index >= 15 is 0 Å². The number of aliphatic carboxylic acids is 1. The third-order valence-electron chi connectivity index (χ3n) is 2.25. The zero-order valence-corrected chi connectivity index (χ0v) is 8.07. The lowest BCUT2D eigenvalue weighted by atomic mass is 10.0. The van der Waals surface area contributed by atoms with Crippen LogP contribution >= 0.6 is 0 Å². The molecule has 2 aromatic rings. The number of carboxylic acid groups (broad SMARTS) is 1. The smallest absolute Gasteiger partial charge is 0.335 e. The monoisotopic (exact) mass is 223 g/mol. The summed E-state index contributed by atoms with van der Waals surface area (Å²) in [5.41, 5.74) is 1.30.